The molecule has 0 amide bonds. The normalized spacial score (nSPS) is 49.6. The summed E-state index contributed by atoms with van der Waals surface area (Å²) in [6.45, 7) is 7.57. The van der Waals surface area contributed by atoms with Crippen LogP contribution in [0.15, 0.2) is 12.2 Å². The molecule has 0 radical (unpaired) electrons. The highest BCUT2D eigenvalue weighted by Gasteiger charge is 2.68. The number of hydrogen-bond acceptors (Lipinski definition) is 4. The van der Waals surface area contributed by atoms with Crippen LogP contribution in [-0.2, 0) is 14.3 Å². The summed E-state index contributed by atoms with van der Waals surface area (Å²) < 4.78 is 5.44. The van der Waals surface area contributed by atoms with Crippen molar-refractivity contribution in [2.45, 2.75) is 51.2 Å². The Labute approximate surface area is 112 Å². The summed E-state index contributed by atoms with van der Waals surface area (Å²) in [7, 11) is 0. The molecule has 0 aromatic carbocycles. The third-order valence-electron chi connectivity index (χ3n) is 5.82. The molecular formula is C15H20O4. The summed E-state index contributed by atoms with van der Waals surface area (Å²) >= 11 is 0. The van der Waals surface area contributed by atoms with Gasteiger partial charge in [-0.05, 0) is 32.1 Å². The van der Waals surface area contributed by atoms with Crippen LogP contribution in [0.4, 0.5) is 0 Å². The number of rotatable bonds is 0. The van der Waals surface area contributed by atoms with Crippen LogP contribution >= 0.6 is 0 Å². The molecular weight excluding hydrogens is 244 g/mol. The van der Waals surface area contributed by atoms with Gasteiger partial charge in [0.05, 0.1) is 11.0 Å². The van der Waals surface area contributed by atoms with Gasteiger partial charge in [-0.25, -0.2) is 4.79 Å². The number of aliphatic hydroxyl groups is 1. The van der Waals surface area contributed by atoms with E-state index in [0.29, 0.717) is 18.4 Å². The molecule has 5 atom stereocenters. The van der Waals surface area contributed by atoms with Crippen LogP contribution < -0.4 is 0 Å². The monoisotopic (exact) mass is 264 g/mol. The number of ketones is 1. The molecule has 0 aromatic heterocycles. The van der Waals surface area contributed by atoms with Crippen LogP contribution in [0.25, 0.3) is 0 Å². The van der Waals surface area contributed by atoms with E-state index in [-0.39, 0.29) is 17.6 Å². The molecule has 4 heteroatoms. The average Bonchev–Trinajstić information content (AvgIpc) is 2.76. The number of esters is 1. The molecule has 1 aliphatic heterocycles. The van der Waals surface area contributed by atoms with E-state index in [0.717, 1.165) is 12.8 Å². The van der Waals surface area contributed by atoms with Gasteiger partial charge in [0.1, 0.15) is 11.9 Å². The van der Waals surface area contributed by atoms with Crippen molar-refractivity contribution in [3.05, 3.63) is 12.2 Å². The van der Waals surface area contributed by atoms with Gasteiger partial charge in [0, 0.05) is 17.9 Å². The molecule has 3 rings (SSSR count). The highest BCUT2D eigenvalue weighted by Crippen LogP contribution is 2.58. The van der Waals surface area contributed by atoms with Crippen molar-refractivity contribution in [3.8, 4) is 0 Å². The summed E-state index contributed by atoms with van der Waals surface area (Å²) in [6, 6.07) is 0. The van der Waals surface area contributed by atoms with Crippen molar-refractivity contribution >= 4 is 11.8 Å². The molecule has 1 saturated heterocycles. The number of carbonyl (C=O) groups excluding carboxylic acids is 2. The van der Waals surface area contributed by atoms with E-state index in [9.17, 15) is 14.7 Å². The summed E-state index contributed by atoms with van der Waals surface area (Å²) in [4.78, 5) is 24.2. The summed E-state index contributed by atoms with van der Waals surface area (Å²) in [5.41, 5.74) is -1.58. The second-order valence-electron chi connectivity index (χ2n) is 6.49. The largest absolute Gasteiger partial charge is 0.457 e. The van der Waals surface area contributed by atoms with Gasteiger partial charge in [-0.15, -0.1) is 0 Å². The molecule has 104 valence electrons. The Morgan fingerprint density at radius 3 is 2.74 bits per heavy atom. The third-order valence-corrected chi connectivity index (χ3v) is 5.82. The first-order valence-electron chi connectivity index (χ1n) is 6.98. The number of carbonyl (C=O) groups is 2. The molecule has 4 nitrogen and oxygen atoms in total. The first kappa shape index (κ1) is 12.9. The second-order valence-corrected chi connectivity index (χ2v) is 6.49. The molecule has 3 aliphatic rings. The molecule has 19 heavy (non-hydrogen) atoms. The van der Waals surface area contributed by atoms with Crippen LogP contribution in [0.2, 0.25) is 0 Å². The standard InChI is InChI=1S/C15H20O4/c1-8-4-5-10-9(2)13(17)19-12(10)14(3)11(16)6-7-15(8,14)18/h8,10,12,18H,2,4-7H2,1,3H3/t8-,10-,12+,14-,15+/m0/s1. The maximum Gasteiger partial charge on any atom is 0.334 e. The zero-order valence-electron chi connectivity index (χ0n) is 11.4. The maximum absolute atomic E-state index is 12.4. The molecule has 0 unspecified atom stereocenters. The van der Waals surface area contributed by atoms with Gasteiger partial charge in [-0.3, -0.25) is 4.79 Å². The van der Waals surface area contributed by atoms with E-state index < -0.39 is 23.1 Å². The minimum absolute atomic E-state index is 0.0150. The van der Waals surface area contributed by atoms with Crippen LogP contribution in [0.3, 0.4) is 0 Å². The zero-order valence-corrected chi connectivity index (χ0v) is 11.4. The maximum atomic E-state index is 12.4. The predicted molar refractivity (Wildman–Crippen MR) is 68.2 cm³/mol. The van der Waals surface area contributed by atoms with Crippen LogP contribution in [0, 0.1) is 17.3 Å². The number of fused-ring (bicyclic) bond motifs is 3. The fraction of sp³-hybridized carbons (Fsp3) is 0.733. The minimum Gasteiger partial charge on any atom is -0.457 e. The Hall–Kier alpha value is -1.16. The Morgan fingerprint density at radius 2 is 2.05 bits per heavy atom. The number of Topliss-reactive ketones (excluding diaryl/α,β-unsaturated/α-hetero) is 1. The summed E-state index contributed by atoms with van der Waals surface area (Å²) in [5.74, 6) is -0.494. The predicted octanol–water partition coefficient (Wildman–Crippen LogP) is 1.61. The Bertz CT molecular complexity index is 483. The van der Waals surface area contributed by atoms with E-state index in [1.807, 2.05) is 6.92 Å². The van der Waals surface area contributed by atoms with Gasteiger partial charge in [0.2, 0.25) is 0 Å². The van der Waals surface area contributed by atoms with Crippen molar-refractivity contribution in [2.75, 3.05) is 0 Å². The Balaban J connectivity index is 2.14. The molecule has 1 heterocycles. The first-order chi connectivity index (χ1) is 8.82. The fourth-order valence-electron chi connectivity index (χ4n) is 4.35. The van der Waals surface area contributed by atoms with Crippen LogP contribution in [0.1, 0.15) is 39.5 Å². The molecule has 0 aromatic rings. The lowest BCUT2D eigenvalue weighted by Gasteiger charge is -2.43. The Kier molecular flexibility index (Phi) is 2.50. The highest BCUT2D eigenvalue weighted by atomic mass is 16.6. The van der Waals surface area contributed by atoms with E-state index >= 15 is 0 Å². The molecule has 3 fully saturated rings. The summed E-state index contributed by atoms with van der Waals surface area (Å²) in [5, 5.41) is 11.1. The highest BCUT2D eigenvalue weighted by molar-refractivity contribution is 5.94. The van der Waals surface area contributed by atoms with Gasteiger partial charge in [-0.2, -0.15) is 0 Å². The van der Waals surface area contributed by atoms with Gasteiger partial charge >= 0.3 is 5.97 Å². The van der Waals surface area contributed by atoms with Crippen molar-refractivity contribution in [1.82, 2.24) is 0 Å². The molecule has 0 bridgehead atoms. The van der Waals surface area contributed by atoms with Gasteiger partial charge < -0.3 is 9.84 Å². The lowest BCUT2D eigenvalue weighted by molar-refractivity contribution is -0.171. The lowest BCUT2D eigenvalue weighted by atomic mass is 9.65. The topological polar surface area (TPSA) is 63.6 Å². The second kappa shape index (κ2) is 3.69. The SMILES string of the molecule is C=C1C(=O)O[C@@H]2[C@H]1CC[C@H](C)[C@]1(O)CCC(=O)[C@@]21C. The number of hydrogen-bond donors (Lipinski definition) is 1. The fourth-order valence-corrected chi connectivity index (χ4v) is 4.35. The van der Waals surface area contributed by atoms with E-state index in [1.165, 1.54) is 0 Å². The Morgan fingerprint density at radius 1 is 1.37 bits per heavy atom. The molecule has 2 aliphatic carbocycles. The zero-order chi connectivity index (χ0) is 14.0. The van der Waals surface area contributed by atoms with Gasteiger partial charge in [-0.1, -0.05) is 13.5 Å². The minimum atomic E-state index is -1.06. The van der Waals surface area contributed by atoms with E-state index in [4.69, 9.17) is 4.74 Å². The van der Waals surface area contributed by atoms with Crippen molar-refractivity contribution < 1.29 is 19.4 Å². The van der Waals surface area contributed by atoms with Gasteiger partial charge in [0.15, 0.2) is 0 Å². The van der Waals surface area contributed by atoms with Crippen LogP contribution in [-0.4, -0.2) is 28.6 Å². The first-order valence-corrected chi connectivity index (χ1v) is 6.98. The molecule has 1 N–H and O–H groups in total. The van der Waals surface area contributed by atoms with Crippen molar-refractivity contribution in [1.29, 1.82) is 0 Å². The average molecular weight is 264 g/mol. The van der Waals surface area contributed by atoms with Crippen molar-refractivity contribution in [2.24, 2.45) is 17.3 Å². The smallest absolute Gasteiger partial charge is 0.334 e. The van der Waals surface area contributed by atoms with Crippen molar-refractivity contribution in [3.63, 3.8) is 0 Å². The van der Waals surface area contributed by atoms with E-state index in [2.05, 4.69) is 6.58 Å². The van der Waals surface area contributed by atoms with E-state index in [1.54, 1.807) is 6.92 Å². The molecule has 2 saturated carbocycles. The molecule has 0 spiro atoms. The third kappa shape index (κ3) is 1.33. The number of ether oxygens (including phenoxy) is 1. The van der Waals surface area contributed by atoms with Gasteiger partial charge in [0.25, 0.3) is 0 Å². The quantitative estimate of drug-likeness (QED) is 0.533. The van der Waals surface area contributed by atoms with Crippen LogP contribution in [0.5, 0.6) is 0 Å². The summed E-state index contributed by atoms with van der Waals surface area (Å²) in [6.07, 6.45) is 1.83. The lowest BCUT2D eigenvalue weighted by Crippen LogP contribution is -2.56.